The number of hydrogen-bond donors (Lipinski definition) is 0. The molecular formula is C18H24N6OS. The van der Waals surface area contributed by atoms with Gasteiger partial charge in [-0.05, 0) is 31.3 Å². The molecule has 4 rings (SSSR count). The second-order valence-electron chi connectivity index (χ2n) is 6.79. The van der Waals surface area contributed by atoms with Gasteiger partial charge in [-0.25, -0.2) is 0 Å². The standard InChI is InChI=1S/C18H24N6OS/c1-14(17-20-21-18(25-17)16-5-3-10-26-16)24-7-4-6-23(8-9-24)13-15-11-19-22(2)12-15/h3,5,10-12,14H,4,6-9,13H2,1-2H3/t14-/m1/s1. The topological polar surface area (TPSA) is 63.2 Å². The van der Waals surface area contributed by atoms with E-state index in [1.165, 1.54) is 5.56 Å². The predicted octanol–water partition coefficient (Wildman–Crippen LogP) is 2.80. The van der Waals surface area contributed by atoms with E-state index in [2.05, 4.69) is 38.2 Å². The summed E-state index contributed by atoms with van der Waals surface area (Å²) in [6.07, 6.45) is 5.18. The highest BCUT2D eigenvalue weighted by molar-refractivity contribution is 7.13. The van der Waals surface area contributed by atoms with Crippen LogP contribution in [0.5, 0.6) is 0 Å². The van der Waals surface area contributed by atoms with Crippen molar-refractivity contribution in [2.45, 2.75) is 25.9 Å². The van der Waals surface area contributed by atoms with Gasteiger partial charge in [0.2, 0.25) is 5.89 Å². The lowest BCUT2D eigenvalue weighted by Crippen LogP contribution is -2.32. The Hall–Kier alpha value is -2.03. The third-order valence-electron chi connectivity index (χ3n) is 4.87. The highest BCUT2D eigenvalue weighted by Gasteiger charge is 2.24. The highest BCUT2D eigenvalue weighted by atomic mass is 32.1. The Morgan fingerprint density at radius 3 is 2.92 bits per heavy atom. The summed E-state index contributed by atoms with van der Waals surface area (Å²) in [5.74, 6) is 1.32. The van der Waals surface area contributed by atoms with E-state index < -0.39 is 0 Å². The fraction of sp³-hybridized carbons (Fsp3) is 0.500. The van der Waals surface area contributed by atoms with Gasteiger partial charge >= 0.3 is 0 Å². The third kappa shape index (κ3) is 3.87. The van der Waals surface area contributed by atoms with E-state index in [0.717, 1.165) is 44.0 Å². The number of nitrogens with zero attached hydrogens (tertiary/aromatic N) is 6. The Balaban J connectivity index is 1.37. The van der Waals surface area contributed by atoms with E-state index >= 15 is 0 Å². The van der Waals surface area contributed by atoms with Crippen molar-refractivity contribution in [2.75, 3.05) is 26.2 Å². The molecule has 26 heavy (non-hydrogen) atoms. The molecule has 138 valence electrons. The van der Waals surface area contributed by atoms with Crippen LogP contribution in [0.15, 0.2) is 34.3 Å². The van der Waals surface area contributed by atoms with E-state index in [4.69, 9.17) is 4.42 Å². The van der Waals surface area contributed by atoms with Crippen molar-refractivity contribution in [1.29, 1.82) is 0 Å². The van der Waals surface area contributed by atoms with Crippen molar-refractivity contribution in [3.8, 4) is 10.8 Å². The molecule has 1 aliphatic rings. The zero-order valence-corrected chi connectivity index (χ0v) is 16.0. The first-order chi connectivity index (χ1) is 12.7. The monoisotopic (exact) mass is 372 g/mol. The van der Waals surface area contributed by atoms with E-state index in [-0.39, 0.29) is 6.04 Å². The summed E-state index contributed by atoms with van der Waals surface area (Å²) < 4.78 is 7.79. The number of aromatic nitrogens is 4. The molecule has 7 nitrogen and oxygen atoms in total. The van der Waals surface area contributed by atoms with Crippen LogP contribution in [-0.2, 0) is 13.6 Å². The summed E-state index contributed by atoms with van der Waals surface area (Å²) >= 11 is 1.62. The fourth-order valence-electron chi connectivity index (χ4n) is 3.41. The zero-order valence-electron chi connectivity index (χ0n) is 15.2. The van der Waals surface area contributed by atoms with Crippen molar-refractivity contribution >= 4 is 11.3 Å². The number of hydrogen-bond acceptors (Lipinski definition) is 7. The SMILES string of the molecule is C[C@H](c1nnc(-c2cccs2)o1)N1CCCN(Cc2cnn(C)c2)CC1. The van der Waals surface area contributed by atoms with Gasteiger partial charge in [-0.15, -0.1) is 21.5 Å². The van der Waals surface area contributed by atoms with Crippen LogP contribution in [-0.4, -0.2) is 56.0 Å². The molecule has 1 aliphatic heterocycles. The smallest absolute Gasteiger partial charge is 0.257 e. The van der Waals surface area contributed by atoms with E-state index in [1.807, 2.05) is 35.4 Å². The van der Waals surface area contributed by atoms with Crippen LogP contribution in [0.4, 0.5) is 0 Å². The highest BCUT2D eigenvalue weighted by Crippen LogP contribution is 2.27. The summed E-state index contributed by atoms with van der Waals surface area (Å²) in [6.45, 7) is 7.29. The average Bonchev–Trinajstić information content (AvgIpc) is 3.35. The molecule has 8 heteroatoms. The molecule has 0 aliphatic carbocycles. The molecule has 0 radical (unpaired) electrons. The van der Waals surface area contributed by atoms with Crippen molar-refractivity contribution < 1.29 is 4.42 Å². The maximum absolute atomic E-state index is 5.93. The van der Waals surface area contributed by atoms with Crippen LogP contribution in [0.3, 0.4) is 0 Å². The maximum Gasteiger partial charge on any atom is 0.257 e. The summed E-state index contributed by atoms with van der Waals surface area (Å²) in [5.41, 5.74) is 1.27. The van der Waals surface area contributed by atoms with Gasteiger partial charge in [-0.2, -0.15) is 5.10 Å². The Morgan fingerprint density at radius 2 is 2.15 bits per heavy atom. The fourth-order valence-corrected chi connectivity index (χ4v) is 4.05. The van der Waals surface area contributed by atoms with Gasteiger partial charge < -0.3 is 4.42 Å². The minimum absolute atomic E-state index is 0.134. The van der Waals surface area contributed by atoms with E-state index in [0.29, 0.717) is 11.8 Å². The van der Waals surface area contributed by atoms with Crippen LogP contribution in [0.2, 0.25) is 0 Å². The summed E-state index contributed by atoms with van der Waals surface area (Å²) in [4.78, 5) is 5.96. The van der Waals surface area contributed by atoms with Gasteiger partial charge in [0.1, 0.15) is 0 Å². The number of aryl methyl sites for hydroxylation is 1. The van der Waals surface area contributed by atoms with Crippen LogP contribution >= 0.6 is 11.3 Å². The maximum atomic E-state index is 5.93. The van der Waals surface area contributed by atoms with Crippen LogP contribution < -0.4 is 0 Å². The summed E-state index contributed by atoms with van der Waals surface area (Å²) in [5, 5.41) is 14.8. The van der Waals surface area contributed by atoms with Crippen LogP contribution in [0.25, 0.3) is 10.8 Å². The van der Waals surface area contributed by atoms with Crippen LogP contribution in [0.1, 0.15) is 30.8 Å². The molecule has 0 aromatic carbocycles. The summed E-state index contributed by atoms with van der Waals surface area (Å²) in [6, 6.07) is 4.14. The lowest BCUT2D eigenvalue weighted by Gasteiger charge is -2.25. The van der Waals surface area contributed by atoms with Gasteiger partial charge in [0, 0.05) is 45.0 Å². The zero-order chi connectivity index (χ0) is 17.9. The van der Waals surface area contributed by atoms with Crippen molar-refractivity contribution in [3.05, 3.63) is 41.4 Å². The molecule has 3 aromatic heterocycles. The number of rotatable bonds is 5. The van der Waals surface area contributed by atoms with Crippen molar-refractivity contribution in [3.63, 3.8) is 0 Å². The Bertz CT molecular complexity index is 826. The Labute approximate surface area is 157 Å². The molecule has 4 heterocycles. The molecule has 1 saturated heterocycles. The molecule has 1 fully saturated rings. The quantitative estimate of drug-likeness (QED) is 0.686. The third-order valence-corrected chi connectivity index (χ3v) is 5.72. The molecule has 0 unspecified atom stereocenters. The molecule has 0 bridgehead atoms. The van der Waals surface area contributed by atoms with Gasteiger partial charge in [0.05, 0.1) is 17.1 Å². The van der Waals surface area contributed by atoms with Gasteiger partial charge in [-0.3, -0.25) is 14.5 Å². The van der Waals surface area contributed by atoms with Crippen LogP contribution in [0, 0.1) is 0 Å². The molecule has 1 atom stereocenters. The van der Waals surface area contributed by atoms with Gasteiger partial charge in [0.15, 0.2) is 0 Å². The van der Waals surface area contributed by atoms with Gasteiger partial charge in [0.25, 0.3) is 5.89 Å². The minimum atomic E-state index is 0.134. The molecule has 0 saturated carbocycles. The average molecular weight is 372 g/mol. The first-order valence-corrected chi connectivity index (χ1v) is 9.88. The lowest BCUT2D eigenvalue weighted by molar-refractivity contribution is 0.184. The normalized spacial score (nSPS) is 18.1. The van der Waals surface area contributed by atoms with Crippen molar-refractivity contribution in [2.24, 2.45) is 7.05 Å². The van der Waals surface area contributed by atoms with Crippen molar-refractivity contribution in [1.82, 2.24) is 29.8 Å². The first kappa shape index (κ1) is 17.4. The van der Waals surface area contributed by atoms with Gasteiger partial charge in [-0.1, -0.05) is 6.07 Å². The largest absolute Gasteiger partial charge is 0.418 e. The number of thiophene rings is 1. The second-order valence-corrected chi connectivity index (χ2v) is 7.73. The second kappa shape index (κ2) is 7.69. The molecule has 0 amide bonds. The predicted molar refractivity (Wildman–Crippen MR) is 101 cm³/mol. The molecule has 0 N–H and O–H groups in total. The Morgan fingerprint density at radius 1 is 1.23 bits per heavy atom. The lowest BCUT2D eigenvalue weighted by atomic mass is 10.2. The van der Waals surface area contributed by atoms with E-state index in [1.54, 1.807) is 11.3 Å². The minimum Gasteiger partial charge on any atom is -0.418 e. The first-order valence-electron chi connectivity index (χ1n) is 9.00. The molecule has 3 aromatic rings. The Kier molecular flexibility index (Phi) is 5.14. The summed E-state index contributed by atoms with van der Waals surface area (Å²) in [7, 11) is 1.96. The molecular weight excluding hydrogens is 348 g/mol. The molecule has 0 spiro atoms. The van der Waals surface area contributed by atoms with E-state index in [9.17, 15) is 0 Å².